The average molecular weight is 881 g/mol. The predicted octanol–water partition coefficient (Wildman–Crippen LogP) is 15.1. The number of nitrogens with zero attached hydrogens (tertiary/aromatic N) is 6. The van der Waals surface area contributed by atoms with Crippen LogP contribution in [-0.2, 0) is 6.18 Å². The van der Waals surface area contributed by atoms with E-state index in [2.05, 4.69) is 45.5 Å². The van der Waals surface area contributed by atoms with Crippen LogP contribution in [0.1, 0.15) is 27.8 Å². The van der Waals surface area contributed by atoms with Crippen LogP contribution in [0, 0.1) is 45.3 Å². The Balaban J connectivity index is 1.22. The van der Waals surface area contributed by atoms with E-state index in [1.165, 1.54) is 6.07 Å². The highest BCUT2D eigenvalue weighted by atomic mass is 19.4. The number of halogens is 3. The molecule has 0 amide bonds. The lowest BCUT2D eigenvalue weighted by atomic mass is 9.92. The molecule has 6 nitrogen and oxygen atoms in total. The van der Waals surface area contributed by atoms with Crippen molar-refractivity contribution in [3.05, 3.63) is 216 Å². The van der Waals surface area contributed by atoms with Gasteiger partial charge in [0, 0.05) is 32.7 Å². The largest absolute Gasteiger partial charge is 0.416 e. The van der Waals surface area contributed by atoms with Crippen molar-refractivity contribution < 1.29 is 13.2 Å². The molecule has 11 aromatic rings. The minimum absolute atomic E-state index is 0.128. The van der Waals surface area contributed by atoms with E-state index < -0.39 is 11.7 Å². The molecule has 0 fully saturated rings. The summed E-state index contributed by atoms with van der Waals surface area (Å²) in [5, 5.41) is 44.5. The summed E-state index contributed by atoms with van der Waals surface area (Å²) in [5.74, 6) is 0. The molecule has 68 heavy (non-hydrogen) atoms. The summed E-state index contributed by atoms with van der Waals surface area (Å²) in [6.45, 7) is 0. The molecule has 0 N–H and O–H groups in total. The van der Waals surface area contributed by atoms with Crippen LogP contribution in [0.2, 0.25) is 0 Å². The Labute approximate surface area is 387 Å². The molecule has 2 heterocycles. The Morgan fingerprint density at radius 1 is 0.338 bits per heavy atom. The number of nitriles is 4. The van der Waals surface area contributed by atoms with Crippen molar-refractivity contribution in [2.75, 3.05) is 0 Å². The van der Waals surface area contributed by atoms with Crippen molar-refractivity contribution in [3.8, 4) is 80.2 Å². The number of alkyl halides is 3. The van der Waals surface area contributed by atoms with E-state index in [9.17, 15) is 34.2 Å². The first-order valence-electron chi connectivity index (χ1n) is 21.6. The maximum Gasteiger partial charge on any atom is 0.416 e. The molecule has 0 aliphatic rings. The Hall–Kier alpha value is -9.67. The fourth-order valence-corrected chi connectivity index (χ4v) is 9.66. The first kappa shape index (κ1) is 41.1. The topological polar surface area (TPSA) is 105 Å². The lowest BCUT2D eigenvalue weighted by Crippen LogP contribution is -2.05. The number of rotatable bonds is 6. The van der Waals surface area contributed by atoms with Crippen molar-refractivity contribution in [1.29, 1.82) is 21.0 Å². The maximum atomic E-state index is 14.0. The van der Waals surface area contributed by atoms with Gasteiger partial charge >= 0.3 is 6.18 Å². The van der Waals surface area contributed by atoms with E-state index in [-0.39, 0.29) is 5.56 Å². The van der Waals surface area contributed by atoms with Crippen LogP contribution in [-0.4, -0.2) is 9.13 Å². The van der Waals surface area contributed by atoms with Crippen molar-refractivity contribution in [2.45, 2.75) is 6.18 Å². The van der Waals surface area contributed by atoms with Gasteiger partial charge in [0.05, 0.1) is 85.5 Å². The van der Waals surface area contributed by atoms with Crippen molar-refractivity contribution in [3.63, 3.8) is 0 Å². The zero-order valence-electron chi connectivity index (χ0n) is 35.7. The smallest absolute Gasteiger partial charge is 0.309 e. The van der Waals surface area contributed by atoms with Crippen molar-refractivity contribution in [2.24, 2.45) is 0 Å². The van der Waals surface area contributed by atoms with E-state index in [0.717, 1.165) is 83.7 Å². The van der Waals surface area contributed by atoms with E-state index in [4.69, 9.17) is 0 Å². The Morgan fingerprint density at radius 2 is 0.809 bits per heavy atom. The van der Waals surface area contributed by atoms with Gasteiger partial charge in [-0.2, -0.15) is 34.2 Å². The molecule has 0 radical (unpaired) electrons. The number of aromatic nitrogens is 2. The summed E-state index contributed by atoms with van der Waals surface area (Å²) in [6.07, 6.45) is -4.65. The van der Waals surface area contributed by atoms with E-state index in [1.54, 1.807) is 18.2 Å². The van der Waals surface area contributed by atoms with Crippen LogP contribution in [0.5, 0.6) is 0 Å². The van der Waals surface area contributed by atoms with Gasteiger partial charge in [-0.25, -0.2) is 0 Å². The quantitative estimate of drug-likeness (QED) is 0.166. The van der Waals surface area contributed by atoms with Gasteiger partial charge in [0.25, 0.3) is 0 Å². The van der Waals surface area contributed by atoms with Crippen LogP contribution in [0.3, 0.4) is 0 Å². The molecule has 9 heteroatoms. The fourth-order valence-electron chi connectivity index (χ4n) is 9.66. The molecule has 0 aliphatic carbocycles. The molecule has 9 aromatic carbocycles. The maximum absolute atomic E-state index is 14.0. The molecular formula is C59H31F3N6. The molecule has 0 atom stereocenters. The van der Waals surface area contributed by atoms with Crippen LogP contribution >= 0.6 is 0 Å². The van der Waals surface area contributed by atoms with Crippen LogP contribution in [0.4, 0.5) is 13.2 Å². The lowest BCUT2D eigenvalue weighted by molar-refractivity contribution is -0.137. The van der Waals surface area contributed by atoms with Gasteiger partial charge in [-0.3, -0.25) is 0 Å². The third-order valence-corrected chi connectivity index (χ3v) is 12.7. The van der Waals surface area contributed by atoms with E-state index in [1.807, 2.05) is 140 Å². The first-order valence-corrected chi connectivity index (χ1v) is 21.6. The van der Waals surface area contributed by atoms with Crippen LogP contribution in [0.15, 0.2) is 188 Å². The Bertz CT molecular complexity index is 4090. The summed E-state index contributed by atoms with van der Waals surface area (Å²) >= 11 is 0. The number of para-hydroxylation sites is 2. The van der Waals surface area contributed by atoms with E-state index in [0.29, 0.717) is 44.6 Å². The summed E-state index contributed by atoms with van der Waals surface area (Å²) in [7, 11) is 0. The molecule has 11 rings (SSSR count). The number of fused-ring (bicyclic) bond motifs is 6. The minimum Gasteiger partial charge on any atom is -0.309 e. The zero-order chi connectivity index (χ0) is 46.7. The van der Waals surface area contributed by atoms with Crippen molar-refractivity contribution >= 4 is 43.6 Å². The highest BCUT2D eigenvalue weighted by Crippen LogP contribution is 2.45. The minimum atomic E-state index is -4.65. The van der Waals surface area contributed by atoms with Gasteiger partial charge in [0.15, 0.2) is 0 Å². The molecule has 2 aromatic heterocycles. The second kappa shape index (κ2) is 16.1. The first-order chi connectivity index (χ1) is 33.2. The molecule has 0 spiro atoms. The molecule has 0 saturated heterocycles. The highest BCUT2D eigenvalue weighted by Gasteiger charge is 2.31. The van der Waals surface area contributed by atoms with Crippen LogP contribution in [0.25, 0.3) is 99.5 Å². The number of hydrogen-bond donors (Lipinski definition) is 0. The Kier molecular flexibility index (Phi) is 9.72. The monoisotopic (exact) mass is 880 g/mol. The van der Waals surface area contributed by atoms with Gasteiger partial charge in [-0.1, -0.05) is 103 Å². The highest BCUT2D eigenvalue weighted by molar-refractivity contribution is 6.13. The molecule has 318 valence electrons. The van der Waals surface area contributed by atoms with Gasteiger partial charge in [-0.15, -0.1) is 0 Å². The second-order valence-electron chi connectivity index (χ2n) is 16.4. The van der Waals surface area contributed by atoms with Gasteiger partial charge in [0.2, 0.25) is 0 Å². The van der Waals surface area contributed by atoms with Gasteiger partial charge in [-0.05, 0) is 118 Å². The SMILES string of the molecule is N#Cc1ccc(-c2cc(-c3ccc(C(F)(F)F)cc3C#N)ccc2-n2c3ccccc3c3cc(-c4ccccc4C#N)ccc32)c(-n2c3ccccc3c3cc(-c4ccccc4C#N)ccc32)c1. The van der Waals surface area contributed by atoms with Crippen molar-refractivity contribution in [1.82, 2.24) is 9.13 Å². The standard InChI is InChI=1S/C59H31F3N6/c60-59(61,62)43-21-23-46(42(28-43)35-66)39-20-25-56(67-53-15-7-5-13-47(53)50-29-37(18-24-55(50)67)44-11-3-1-9-40(44)33-64)52(31-39)49-22-17-36(32-63)27-58(49)68-54-16-8-6-14-48(54)51-30-38(19-26-57(51)68)45-12-4-2-10-41(45)34-65/h1-31H. The third-order valence-electron chi connectivity index (χ3n) is 12.7. The summed E-state index contributed by atoms with van der Waals surface area (Å²) in [4.78, 5) is 0. The second-order valence-corrected chi connectivity index (χ2v) is 16.4. The molecule has 0 bridgehead atoms. The molecule has 0 aliphatic heterocycles. The van der Waals surface area contributed by atoms with Gasteiger partial charge < -0.3 is 9.13 Å². The number of hydrogen-bond acceptors (Lipinski definition) is 4. The molecule has 0 saturated carbocycles. The summed E-state index contributed by atoms with van der Waals surface area (Å²) < 4.78 is 46.3. The average Bonchev–Trinajstić information content (AvgIpc) is 3.89. The third kappa shape index (κ3) is 6.63. The molecule has 0 unspecified atom stereocenters. The van der Waals surface area contributed by atoms with E-state index >= 15 is 0 Å². The Morgan fingerprint density at radius 3 is 1.37 bits per heavy atom. The summed E-state index contributed by atoms with van der Waals surface area (Å²) in [6, 6.07) is 66.6. The lowest BCUT2D eigenvalue weighted by Gasteiger charge is -2.20. The normalized spacial score (nSPS) is 11.4. The number of benzene rings is 9. The zero-order valence-corrected chi connectivity index (χ0v) is 35.7. The predicted molar refractivity (Wildman–Crippen MR) is 261 cm³/mol. The fraction of sp³-hybridized carbons (Fsp3) is 0.0169. The molecular weight excluding hydrogens is 850 g/mol. The summed E-state index contributed by atoms with van der Waals surface area (Å²) in [5.41, 5.74) is 10.9. The van der Waals surface area contributed by atoms with Gasteiger partial charge in [0.1, 0.15) is 0 Å². The van der Waals surface area contributed by atoms with Crippen LogP contribution < -0.4 is 0 Å².